The third-order valence-corrected chi connectivity index (χ3v) is 5.50. The molecule has 1 aliphatic carbocycles. The highest BCUT2D eigenvalue weighted by molar-refractivity contribution is 8.00. The van der Waals surface area contributed by atoms with Crippen LogP contribution in [0.4, 0.5) is 0 Å². The topological polar surface area (TPSA) is 41.5 Å². The van der Waals surface area contributed by atoms with Gasteiger partial charge in [-0.15, -0.1) is 0 Å². The van der Waals surface area contributed by atoms with Crippen molar-refractivity contribution in [2.75, 3.05) is 20.3 Å². The molecule has 21 heavy (non-hydrogen) atoms. The molecule has 0 spiro atoms. The third kappa shape index (κ3) is 4.15. The maximum Gasteiger partial charge on any atom is 0.119 e. The van der Waals surface area contributed by atoms with Gasteiger partial charge in [-0.05, 0) is 49.1 Å². The largest absolute Gasteiger partial charge is 0.497 e. The van der Waals surface area contributed by atoms with Gasteiger partial charge in [0.25, 0.3) is 0 Å². The highest BCUT2D eigenvalue weighted by Gasteiger charge is 2.30. The van der Waals surface area contributed by atoms with Gasteiger partial charge in [0.05, 0.1) is 13.7 Å². The zero-order valence-electron chi connectivity index (χ0n) is 13.3. The van der Waals surface area contributed by atoms with E-state index in [1.54, 1.807) is 7.11 Å². The Bertz CT molecular complexity index is 452. The predicted molar refractivity (Wildman–Crippen MR) is 90.3 cm³/mol. The molecule has 0 bridgehead atoms. The van der Waals surface area contributed by atoms with Crippen molar-refractivity contribution in [3.8, 4) is 5.75 Å². The van der Waals surface area contributed by atoms with Gasteiger partial charge in [0.15, 0.2) is 0 Å². The second-order valence-corrected chi connectivity index (χ2v) is 7.39. The summed E-state index contributed by atoms with van der Waals surface area (Å²) in [6.45, 7) is 5.58. The summed E-state index contributed by atoms with van der Waals surface area (Å²) in [4.78, 5) is 0. The molecule has 1 aromatic rings. The monoisotopic (exact) mass is 309 g/mol. The van der Waals surface area contributed by atoms with E-state index in [0.717, 1.165) is 31.6 Å². The van der Waals surface area contributed by atoms with Crippen LogP contribution < -0.4 is 10.1 Å². The highest BCUT2D eigenvalue weighted by atomic mass is 32.2. The summed E-state index contributed by atoms with van der Waals surface area (Å²) in [7, 11) is 1.72. The van der Waals surface area contributed by atoms with Gasteiger partial charge in [0, 0.05) is 16.5 Å². The molecule has 0 aromatic heterocycles. The molecule has 1 aliphatic rings. The van der Waals surface area contributed by atoms with E-state index in [1.807, 2.05) is 11.8 Å². The fourth-order valence-electron chi connectivity index (χ4n) is 2.92. The van der Waals surface area contributed by atoms with E-state index in [2.05, 4.69) is 37.4 Å². The molecule has 2 rings (SSSR count). The molecule has 0 heterocycles. The summed E-state index contributed by atoms with van der Waals surface area (Å²) >= 11 is 1.91. The first-order chi connectivity index (χ1) is 10.2. The fraction of sp³-hybridized carbons (Fsp3) is 0.647. The summed E-state index contributed by atoms with van der Waals surface area (Å²) in [5.74, 6) is 0.942. The first-order valence-electron chi connectivity index (χ1n) is 7.86. The average Bonchev–Trinajstić information content (AvgIpc) is 2.52. The lowest BCUT2D eigenvalue weighted by atomic mass is 9.87. The van der Waals surface area contributed by atoms with E-state index in [9.17, 15) is 5.11 Å². The minimum absolute atomic E-state index is 0.247. The van der Waals surface area contributed by atoms with E-state index in [4.69, 9.17) is 4.74 Å². The Morgan fingerprint density at radius 3 is 2.95 bits per heavy atom. The van der Waals surface area contributed by atoms with Gasteiger partial charge in [-0.2, -0.15) is 11.8 Å². The molecule has 118 valence electrons. The lowest BCUT2D eigenvalue weighted by Gasteiger charge is -2.35. The number of rotatable bonds is 7. The predicted octanol–water partition coefficient (Wildman–Crippen LogP) is 3.16. The quantitative estimate of drug-likeness (QED) is 0.812. The highest BCUT2D eigenvalue weighted by Crippen LogP contribution is 2.39. The lowest BCUT2D eigenvalue weighted by molar-refractivity contribution is 0.299. The smallest absolute Gasteiger partial charge is 0.119 e. The van der Waals surface area contributed by atoms with Crippen LogP contribution in [0.5, 0.6) is 5.75 Å². The summed E-state index contributed by atoms with van der Waals surface area (Å²) < 4.78 is 5.35. The normalized spacial score (nSPS) is 22.7. The van der Waals surface area contributed by atoms with E-state index < -0.39 is 0 Å². The van der Waals surface area contributed by atoms with Crippen molar-refractivity contribution in [1.29, 1.82) is 0 Å². The second kappa shape index (κ2) is 8.06. The Kier molecular flexibility index (Phi) is 6.40. The number of aliphatic hydroxyl groups excluding tert-OH is 1. The Morgan fingerprint density at radius 2 is 2.29 bits per heavy atom. The van der Waals surface area contributed by atoms with Gasteiger partial charge in [0.2, 0.25) is 0 Å². The van der Waals surface area contributed by atoms with E-state index >= 15 is 0 Å². The minimum atomic E-state index is 0.247. The molecule has 0 amide bonds. The zero-order chi connectivity index (χ0) is 15.2. The van der Waals surface area contributed by atoms with E-state index in [1.165, 1.54) is 11.1 Å². The van der Waals surface area contributed by atoms with Gasteiger partial charge in [-0.1, -0.05) is 19.9 Å². The average molecular weight is 309 g/mol. The van der Waals surface area contributed by atoms with Crippen LogP contribution in [0.15, 0.2) is 18.2 Å². The van der Waals surface area contributed by atoms with Crippen LogP contribution in [0, 0.1) is 0 Å². The summed E-state index contributed by atoms with van der Waals surface area (Å²) in [6, 6.07) is 6.81. The van der Waals surface area contributed by atoms with Crippen molar-refractivity contribution in [2.24, 2.45) is 0 Å². The Balaban J connectivity index is 2.21. The van der Waals surface area contributed by atoms with Gasteiger partial charge < -0.3 is 15.2 Å². The summed E-state index contributed by atoms with van der Waals surface area (Å²) in [6.07, 6.45) is 3.37. The molecule has 2 N–H and O–H groups in total. The van der Waals surface area contributed by atoms with Crippen LogP contribution in [0.25, 0.3) is 0 Å². The first-order valence-corrected chi connectivity index (χ1v) is 8.80. The second-order valence-electron chi connectivity index (χ2n) is 5.70. The molecule has 0 aliphatic heterocycles. The molecular formula is C17H27NO2S. The molecule has 0 radical (unpaired) electrons. The number of hydrogen-bond donors (Lipinski definition) is 2. The Hall–Kier alpha value is -0.710. The van der Waals surface area contributed by atoms with Crippen molar-refractivity contribution in [3.05, 3.63) is 29.3 Å². The minimum Gasteiger partial charge on any atom is -0.497 e. The first kappa shape index (κ1) is 16.7. The summed E-state index contributed by atoms with van der Waals surface area (Å²) in [5, 5.41) is 13.9. The fourth-order valence-corrected chi connectivity index (χ4v) is 4.26. The van der Waals surface area contributed by atoms with Crippen molar-refractivity contribution < 1.29 is 9.84 Å². The molecule has 3 unspecified atom stereocenters. The van der Waals surface area contributed by atoms with Gasteiger partial charge >= 0.3 is 0 Å². The molecule has 3 atom stereocenters. The summed E-state index contributed by atoms with van der Waals surface area (Å²) in [5.41, 5.74) is 2.80. The van der Waals surface area contributed by atoms with Crippen molar-refractivity contribution >= 4 is 11.8 Å². The number of methoxy groups -OCH3 is 1. The van der Waals surface area contributed by atoms with Crippen molar-refractivity contribution in [2.45, 2.75) is 49.7 Å². The van der Waals surface area contributed by atoms with Crippen molar-refractivity contribution in [3.63, 3.8) is 0 Å². The Labute approximate surface area is 132 Å². The van der Waals surface area contributed by atoms with Crippen LogP contribution >= 0.6 is 11.8 Å². The number of aliphatic hydroxyl groups is 1. The standard InChI is InChI=1S/C17H27NO2S/c1-4-9-18-17-15-7-6-14(20-3)10-13(15)5-8-16(17)21-12(2)11-19/h6-7,10,12,16-19H,4-5,8-9,11H2,1-3H3. The van der Waals surface area contributed by atoms with Crippen molar-refractivity contribution in [1.82, 2.24) is 5.32 Å². The molecule has 0 fully saturated rings. The van der Waals surface area contributed by atoms with Gasteiger partial charge in [0.1, 0.15) is 5.75 Å². The Morgan fingerprint density at radius 1 is 1.48 bits per heavy atom. The SMILES string of the molecule is CCCNC1c2ccc(OC)cc2CCC1SC(C)CO. The molecule has 0 saturated heterocycles. The number of benzene rings is 1. The number of nitrogens with one attached hydrogen (secondary N) is 1. The lowest BCUT2D eigenvalue weighted by Crippen LogP contribution is -2.36. The number of hydrogen-bond acceptors (Lipinski definition) is 4. The third-order valence-electron chi connectivity index (χ3n) is 4.03. The van der Waals surface area contributed by atoms with Crippen LogP contribution in [-0.2, 0) is 6.42 Å². The van der Waals surface area contributed by atoms with E-state index in [0.29, 0.717) is 16.5 Å². The maximum absolute atomic E-state index is 9.33. The number of aryl methyl sites for hydroxylation is 1. The van der Waals surface area contributed by atoms with Gasteiger partial charge in [-0.3, -0.25) is 0 Å². The van der Waals surface area contributed by atoms with Gasteiger partial charge in [-0.25, -0.2) is 0 Å². The van der Waals surface area contributed by atoms with Crippen LogP contribution in [-0.4, -0.2) is 35.9 Å². The number of ether oxygens (including phenoxy) is 1. The number of thioether (sulfide) groups is 1. The maximum atomic E-state index is 9.33. The molecule has 1 aromatic carbocycles. The molecule has 0 saturated carbocycles. The zero-order valence-corrected chi connectivity index (χ0v) is 14.1. The molecular weight excluding hydrogens is 282 g/mol. The van der Waals surface area contributed by atoms with E-state index in [-0.39, 0.29) is 6.61 Å². The van der Waals surface area contributed by atoms with Crippen LogP contribution in [0.1, 0.15) is 43.9 Å². The molecule has 4 heteroatoms. The molecule has 3 nitrogen and oxygen atoms in total. The van der Waals surface area contributed by atoms with Crippen LogP contribution in [0.3, 0.4) is 0 Å². The van der Waals surface area contributed by atoms with Crippen LogP contribution in [0.2, 0.25) is 0 Å². The number of fused-ring (bicyclic) bond motifs is 1.